The summed E-state index contributed by atoms with van der Waals surface area (Å²) in [5, 5.41) is 11.4. The predicted molar refractivity (Wildman–Crippen MR) is 70.0 cm³/mol. The molecule has 0 aliphatic carbocycles. The topological polar surface area (TPSA) is 78.9 Å². The van der Waals surface area contributed by atoms with Crippen molar-refractivity contribution in [1.82, 2.24) is 0 Å². The molecule has 0 bridgehead atoms. The normalized spacial score (nSPS) is 9.50. The third kappa shape index (κ3) is 2.66. The van der Waals surface area contributed by atoms with Gasteiger partial charge in [-0.1, -0.05) is 0 Å². The SMILES string of the molecule is N#Cc1ccc(C(=O)Nc2ccc(N)cc2)cc1. The summed E-state index contributed by atoms with van der Waals surface area (Å²) in [5.74, 6) is -0.218. The van der Waals surface area contributed by atoms with Crippen molar-refractivity contribution in [1.29, 1.82) is 5.26 Å². The lowest BCUT2D eigenvalue weighted by molar-refractivity contribution is 0.102. The molecule has 0 saturated heterocycles. The minimum atomic E-state index is -0.218. The Bertz CT molecular complexity index is 594. The van der Waals surface area contributed by atoms with E-state index in [4.69, 9.17) is 11.0 Å². The van der Waals surface area contributed by atoms with E-state index in [-0.39, 0.29) is 5.91 Å². The van der Waals surface area contributed by atoms with Crippen molar-refractivity contribution in [2.45, 2.75) is 0 Å². The van der Waals surface area contributed by atoms with Gasteiger partial charge in [-0.05, 0) is 48.5 Å². The fraction of sp³-hybridized carbons (Fsp3) is 0. The molecule has 1 amide bonds. The number of carbonyl (C=O) groups is 1. The van der Waals surface area contributed by atoms with Crippen LogP contribution in [0, 0.1) is 11.3 Å². The Morgan fingerprint density at radius 1 is 1.06 bits per heavy atom. The molecule has 2 rings (SSSR count). The van der Waals surface area contributed by atoms with Crippen LogP contribution in [0.5, 0.6) is 0 Å². The molecule has 0 atom stereocenters. The first-order valence-electron chi connectivity index (χ1n) is 5.36. The Kier molecular flexibility index (Phi) is 3.26. The van der Waals surface area contributed by atoms with Crippen LogP contribution in [0.25, 0.3) is 0 Å². The fourth-order valence-electron chi connectivity index (χ4n) is 1.47. The number of nitrogens with two attached hydrogens (primary N) is 1. The van der Waals surface area contributed by atoms with Gasteiger partial charge in [0.05, 0.1) is 11.6 Å². The standard InChI is InChI=1S/C14H11N3O/c15-9-10-1-3-11(4-2-10)14(18)17-13-7-5-12(16)6-8-13/h1-8H,16H2,(H,17,18). The fourth-order valence-corrected chi connectivity index (χ4v) is 1.47. The molecule has 3 N–H and O–H groups in total. The van der Waals surface area contributed by atoms with E-state index in [0.29, 0.717) is 22.5 Å². The smallest absolute Gasteiger partial charge is 0.255 e. The molecular formula is C14H11N3O. The summed E-state index contributed by atoms with van der Waals surface area (Å²) in [5.41, 5.74) is 7.91. The predicted octanol–water partition coefficient (Wildman–Crippen LogP) is 2.39. The van der Waals surface area contributed by atoms with E-state index in [1.165, 1.54) is 0 Å². The number of nitriles is 1. The number of amides is 1. The van der Waals surface area contributed by atoms with Crippen molar-refractivity contribution < 1.29 is 4.79 Å². The first kappa shape index (κ1) is 11.7. The van der Waals surface area contributed by atoms with Crippen molar-refractivity contribution in [3.8, 4) is 6.07 Å². The van der Waals surface area contributed by atoms with E-state index >= 15 is 0 Å². The Labute approximate surface area is 105 Å². The van der Waals surface area contributed by atoms with Crippen LogP contribution < -0.4 is 11.1 Å². The van der Waals surface area contributed by atoms with E-state index in [2.05, 4.69) is 5.32 Å². The van der Waals surface area contributed by atoms with E-state index in [1.54, 1.807) is 48.5 Å². The number of carbonyl (C=O) groups excluding carboxylic acids is 1. The van der Waals surface area contributed by atoms with Crippen molar-refractivity contribution in [3.05, 3.63) is 59.7 Å². The molecule has 0 unspecified atom stereocenters. The summed E-state index contributed by atoms with van der Waals surface area (Å²) in [6.45, 7) is 0. The molecule has 0 radical (unpaired) electrons. The van der Waals surface area contributed by atoms with Gasteiger partial charge in [-0.2, -0.15) is 5.26 Å². The van der Waals surface area contributed by atoms with Gasteiger partial charge in [-0.15, -0.1) is 0 Å². The highest BCUT2D eigenvalue weighted by atomic mass is 16.1. The van der Waals surface area contributed by atoms with Gasteiger partial charge in [0.15, 0.2) is 0 Å². The molecular weight excluding hydrogens is 226 g/mol. The van der Waals surface area contributed by atoms with Crippen molar-refractivity contribution in [2.75, 3.05) is 11.1 Å². The Balaban J connectivity index is 2.12. The number of rotatable bonds is 2. The van der Waals surface area contributed by atoms with Gasteiger partial charge in [0, 0.05) is 16.9 Å². The Hall–Kier alpha value is -2.80. The third-order valence-electron chi connectivity index (χ3n) is 2.44. The highest BCUT2D eigenvalue weighted by molar-refractivity contribution is 6.04. The van der Waals surface area contributed by atoms with Crippen molar-refractivity contribution >= 4 is 17.3 Å². The molecule has 0 saturated carbocycles. The molecule has 0 aliphatic rings. The number of hydrogen-bond acceptors (Lipinski definition) is 3. The first-order chi connectivity index (χ1) is 8.69. The number of anilines is 2. The van der Waals surface area contributed by atoms with Crippen LogP contribution in [0.2, 0.25) is 0 Å². The molecule has 4 heteroatoms. The lowest BCUT2D eigenvalue weighted by Gasteiger charge is -2.05. The van der Waals surface area contributed by atoms with Gasteiger partial charge in [0.1, 0.15) is 0 Å². The van der Waals surface area contributed by atoms with Gasteiger partial charge in [0.2, 0.25) is 0 Å². The minimum Gasteiger partial charge on any atom is -0.399 e. The highest BCUT2D eigenvalue weighted by Crippen LogP contribution is 2.12. The Morgan fingerprint density at radius 2 is 1.67 bits per heavy atom. The van der Waals surface area contributed by atoms with Crippen LogP contribution in [-0.2, 0) is 0 Å². The number of benzene rings is 2. The maximum Gasteiger partial charge on any atom is 0.255 e. The number of nitrogens with one attached hydrogen (secondary N) is 1. The van der Waals surface area contributed by atoms with Crippen LogP contribution in [0.4, 0.5) is 11.4 Å². The summed E-state index contributed by atoms with van der Waals surface area (Å²) in [7, 11) is 0. The zero-order valence-corrected chi connectivity index (χ0v) is 9.55. The second kappa shape index (κ2) is 5.02. The highest BCUT2D eigenvalue weighted by Gasteiger charge is 2.05. The average molecular weight is 237 g/mol. The van der Waals surface area contributed by atoms with Crippen molar-refractivity contribution in [3.63, 3.8) is 0 Å². The van der Waals surface area contributed by atoms with Gasteiger partial charge in [-0.3, -0.25) is 4.79 Å². The van der Waals surface area contributed by atoms with E-state index in [9.17, 15) is 4.79 Å². The van der Waals surface area contributed by atoms with Gasteiger partial charge >= 0.3 is 0 Å². The molecule has 2 aromatic carbocycles. The van der Waals surface area contributed by atoms with E-state index < -0.39 is 0 Å². The molecule has 0 heterocycles. The molecule has 18 heavy (non-hydrogen) atoms. The lowest BCUT2D eigenvalue weighted by atomic mass is 10.1. The maximum atomic E-state index is 11.9. The number of nitrogen functional groups attached to an aromatic ring is 1. The van der Waals surface area contributed by atoms with E-state index in [0.717, 1.165) is 0 Å². The van der Waals surface area contributed by atoms with Crippen LogP contribution in [-0.4, -0.2) is 5.91 Å². The van der Waals surface area contributed by atoms with Crippen molar-refractivity contribution in [2.24, 2.45) is 0 Å². The zero-order valence-electron chi connectivity index (χ0n) is 9.55. The summed E-state index contributed by atoms with van der Waals surface area (Å²) >= 11 is 0. The second-order valence-corrected chi connectivity index (χ2v) is 3.77. The minimum absolute atomic E-state index is 0.218. The summed E-state index contributed by atoms with van der Waals surface area (Å²) in [4.78, 5) is 11.9. The number of nitrogens with zero attached hydrogens (tertiary/aromatic N) is 1. The van der Waals surface area contributed by atoms with Crippen LogP contribution in [0.1, 0.15) is 15.9 Å². The van der Waals surface area contributed by atoms with Crippen LogP contribution in [0.15, 0.2) is 48.5 Å². The second-order valence-electron chi connectivity index (χ2n) is 3.77. The van der Waals surface area contributed by atoms with Crippen LogP contribution in [0.3, 0.4) is 0 Å². The summed E-state index contributed by atoms with van der Waals surface area (Å²) in [6.07, 6.45) is 0. The molecule has 88 valence electrons. The van der Waals surface area contributed by atoms with Gasteiger partial charge < -0.3 is 11.1 Å². The Morgan fingerprint density at radius 3 is 2.22 bits per heavy atom. The zero-order chi connectivity index (χ0) is 13.0. The van der Waals surface area contributed by atoms with E-state index in [1.807, 2.05) is 6.07 Å². The molecule has 0 aliphatic heterocycles. The summed E-state index contributed by atoms with van der Waals surface area (Å²) < 4.78 is 0. The molecule has 0 spiro atoms. The largest absolute Gasteiger partial charge is 0.399 e. The molecule has 0 fully saturated rings. The molecule has 2 aromatic rings. The molecule has 4 nitrogen and oxygen atoms in total. The van der Waals surface area contributed by atoms with Gasteiger partial charge in [-0.25, -0.2) is 0 Å². The molecule has 0 aromatic heterocycles. The van der Waals surface area contributed by atoms with Crippen LogP contribution >= 0.6 is 0 Å². The maximum absolute atomic E-state index is 11.9. The average Bonchev–Trinajstić information content (AvgIpc) is 2.41. The number of hydrogen-bond donors (Lipinski definition) is 2. The lowest BCUT2D eigenvalue weighted by Crippen LogP contribution is -2.11. The first-order valence-corrected chi connectivity index (χ1v) is 5.36. The van der Waals surface area contributed by atoms with Gasteiger partial charge in [0.25, 0.3) is 5.91 Å². The third-order valence-corrected chi connectivity index (χ3v) is 2.44. The summed E-state index contributed by atoms with van der Waals surface area (Å²) in [6, 6.07) is 15.4. The monoisotopic (exact) mass is 237 g/mol. The quantitative estimate of drug-likeness (QED) is 0.787.